The van der Waals surface area contributed by atoms with Crippen LogP contribution in [0.1, 0.15) is 29.7 Å². The lowest BCUT2D eigenvalue weighted by molar-refractivity contribution is 0.192. The first-order valence-corrected chi connectivity index (χ1v) is 9.96. The van der Waals surface area contributed by atoms with E-state index in [-0.39, 0.29) is 0 Å². The van der Waals surface area contributed by atoms with Gasteiger partial charge in [-0.3, -0.25) is 4.90 Å². The molecule has 4 aromatic rings. The zero-order valence-electron chi connectivity index (χ0n) is 15.0. The average molecular weight is 358 g/mol. The maximum absolute atomic E-state index is 2.55. The van der Waals surface area contributed by atoms with E-state index in [1.165, 1.54) is 26.8 Å². The van der Waals surface area contributed by atoms with Crippen LogP contribution in [0.15, 0.2) is 90.3 Å². The van der Waals surface area contributed by atoms with Crippen molar-refractivity contribution in [3.63, 3.8) is 0 Å². The lowest BCUT2D eigenvalue weighted by Crippen LogP contribution is -2.26. The molecule has 0 fully saturated rings. The van der Waals surface area contributed by atoms with Gasteiger partial charge in [0.2, 0.25) is 0 Å². The largest absolute Gasteiger partial charge is 0.288 e. The highest BCUT2D eigenvalue weighted by molar-refractivity contribution is 7.17. The average Bonchev–Trinajstić information content (AvgIpc) is 3.16. The summed E-state index contributed by atoms with van der Waals surface area (Å²) in [4.78, 5) is 2.55. The molecule has 0 N–H and O–H groups in total. The maximum Gasteiger partial charge on any atom is 0.0342 e. The van der Waals surface area contributed by atoms with Gasteiger partial charge in [0.15, 0.2) is 0 Å². The van der Waals surface area contributed by atoms with Gasteiger partial charge in [-0.25, -0.2) is 0 Å². The summed E-state index contributed by atoms with van der Waals surface area (Å²) in [5.74, 6) is 0. The molecule has 0 aliphatic carbocycles. The second-order valence-electron chi connectivity index (χ2n) is 6.77. The fraction of sp³-hybridized carbons (Fsp3) is 0.167. The second-order valence-corrected chi connectivity index (χ2v) is 7.72. The molecule has 3 aromatic carbocycles. The lowest BCUT2D eigenvalue weighted by atomic mass is 10.0. The van der Waals surface area contributed by atoms with E-state index in [1.807, 2.05) is 11.3 Å². The van der Waals surface area contributed by atoms with Crippen LogP contribution >= 0.6 is 11.3 Å². The van der Waals surface area contributed by atoms with E-state index in [2.05, 4.69) is 102 Å². The predicted molar refractivity (Wildman–Crippen MR) is 112 cm³/mol. The van der Waals surface area contributed by atoms with Crippen LogP contribution in [0.4, 0.5) is 0 Å². The van der Waals surface area contributed by atoms with Crippen LogP contribution in [0.3, 0.4) is 0 Å². The van der Waals surface area contributed by atoms with Gasteiger partial charge in [-0.05, 0) is 52.6 Å². The highest BCUT2D eigenvalue weighted by atomic mass is 32.1. The highest BCUT2D eigenvalue weighted by Crippen LogP contribution is 2.29. The van der Waals surface area contributed by atoms with Gasteiger partial charge < -0.3 is 0 Å². The molecule has 26 heavy (non-hydrogen) atoms. The van der Waals surface area contributed by atoms with Crippen molar-refractivity contribution in [2.24, 2.45) is 0 Å². The molecule has 130 valence electrons. The van der Waals surface area contributed by atoms with Crippen molar-refractivity contribution in [1.82, 2.24) is 4.90 Å². The zero-order chi connectivity index (χ0) is 17.8. The fourth-order valence-corrected chi connectivity index (χ4v) is 4.19. The van der Waals surface area contributed by atoms with E-state index in [1.54, 1.807) is 0 Å². The van der Waals surface area contributed by atoms with Crippen LogP contribution in [-0.4, -0.2) is 4.90 Å². The Kier molecular flexibility index (Phi) is 5.14. The minimum Gasteiger partial charge on any atom is -0.288 e. The van der Waals surface area contributed by atoms with Gasteiger partial charge in [-0.1, -0.05) is 66.7 Å². The van der Waals surface area contributed by atoms with Crippen LogP contribution in [0.25, 0.3) is 10.1 Å². The molecular weight excluding hydrogens is 334 g/mol. The van der Waals surface area contributed by atoms with Crippen molar-refractivity contribution in [2.75, 3.05) is 0 Å². The molecule has 1 atom stereocenters. The first-order chi connectivity index (χ1) is 12.8. The third-order valence-corrected chi connectivity index (χ3v) is 5.86. The molecule has 0 aliphatic rings. The van der Waals surface area contributed by atoms with E-state index < -0.39 is 0 Å². The van der Waals surface area contributed by atoms with Crippen molar-refractivity contribution < 1.29 is 0 Å². The van der Waals surface area contributed by atoms with Crippen LogP contribution < -0.4 is 0 Å². The quantitative estimate of drug-likeness (QED) is 0.373. The third-order valence-electron chi connectivity index (χ3n) is 4.96. The van der Waals surface area contributed by atoms with Gasteiger partial charge in [0.25, 0.3) is 0 Å². The topological polar surface area (TPSA) is 3.24 Å². The number of thiophene rings is 1. The molecular formula is C24H23NS. The van der Waals surface area contributed by atoms with Gasteiger partial charge >= 0.3 is 0 Å². The van der Waals surface area contributed by atoms with Gasteiger partial charge in [-0.15, -0.1) is 11.3 Å². The van der Waals surface area contributed by atoms with E-state index in [9.17, 15) is 0 Å². The molecule has 0 saturated carbocycles. The normalized spacial score (nSPS) is 12.5. The molecule has 0 aliphatic heterocycles. The second kappa shape index (κ2) is 7.86. The number of rotatable bonds is 6. The lowest BCUT2D eigenvalue weighted by Gasteiger charge is -2.30. The van der Waals surface area contributed by atoms with Crippen molar-refractivity contribution in [3.8, 4) is 0 Å². The summed E-state index contributed by atoms with van der Waals surface area (Å²) >= 11 is 1.81. The van der Waals surface area contributed by atoms with E-state index in [4.69, 9.17) is 0 Å². The summed E-state index contributed by atoms with van der Waals surface area (Å²) in [6, 6.07) is 31.0. The van der Waals surface area contributed by atoms with E-state index in [0.29, 0.717) is 6.04 Å². The number of hydrogen-bond donors (Lipinski definition) is 0. The SMILES string of the molecule is C[C@@H](c1ccc2sccc2c1)N(Cc1ccccc1)Cc1ccccc1. The van der Waals surface area contributed by atoms with Gasteiger partial charge in [0.1, 0.15) is 0 Å². The Morgan fingerprint density at radius 2 is 1.38 bits per heavy atom. The Hall–Kier alpha value is -2.42. The predicted octanol–water partition coefficient (Wildman–Crippen LogP) is 6.66. The summed E-state index contributed by atoms with van der Waals surface area (Å²) in [5, 5.41) is 3.52. The van der Waals surface area contributed by atoms with Crippen LogP contribution in [0.5, 0.6) is 0 Å². The van der Waals surface area contributed by atoms with Gasteiger partial charge in [0.05, 0.1) is 0 Å². The number of hydrogen-bond acceptors (Lipinski definition) is 2. The fourth-order valence-electron chi connectivity index (χ4n) is 3.42. The monoisotopic (exact) mass is 357 g/mol. The first-order valence-electron chi connectivity index (χ1n) is 9.09. The van der Waals surface area contributed by atoms with Crippen molar-refractivity contribution in [1.29, 1.82) is 0 Å². The third kappa shape index (κ3) is 3.87. The first kappa shape index (κ1) is 17.0. The van der Waals surface area contributed by atoms with Gasteiger partial charge in [0, 0.05) is 23.8 Å². The number of benzene rings is 3. The molecule has 1 aromatic heterocycles. The molecule has 2 heteroatoms. The standard InChI is InChI=1S/C24H23NS/c1-19(22-12-13-24-23(16-22)14-15-26-24)25(17-20-8-4-2-5-9-20)18-21-10-6-3-7-11-21/h2-16,19H,17-18H2,1H3/t19-/m0/s1. The maximum atomic E-state index is 2.55. The molecule has 0 saturated heterocycles. The van der Waals surface area contributed by atoms with Gasteiger partial charge in [-0.2, -0.15) is 0 Å². The van der Waals surface area contributed by atoms with Crippen LogP contribution in [0.2, 0.25) is 0 Å². The Balaban J connectivity index is 1.63. The zero-order valence-corrected chi connectivity index (χ0v) is 15.8. The number of nitrogens with zero attached hydrogens (tertiary/aromatic N) is 1. The summed E-state index contributed by atoms with van der Waals surface area (Å²) in [7, 11) is 0. The summed E-state index contributed by atoms with van der Waals surface area (Å²) < 4.78 is 1.36. The molecule has 0 amide bonds. The summed E-state index contributed by atoms with van der Waals surface area (Å²) in [5.41, 5.74) is 4.08. The Labute approximate surface area is 159 Å². The van der Waals surface area contributed by atoms with E-state index in [0.717, 1.165) is 13.1 Å². The smallest absolute Gasteiger partial charge is 0.0342 e. The molecule has 1 heterocycles. The molecule has 4 rings (SSSR count). The Morgan fingerprint density at radius 1 is 0.769 bits per heavy atom. The Morgan fingerprint density at radius 3 is 2.00 bits per heavy atom. The van der Waals surface area contributed by atoms with Crippen molar-refractivity contribution in [3.05, 3.63) is 107 Å². The summed E-state index contributed by atoms with van der Waals surface area (Å²) in [6.07, 6.45) is 0. The molecule has 0 spiro atoms. The van der Waals surface area contributed by atoms with Crippen LogP contribution in [-0.2, 0) is 13.1 Å². The summed E-state index contributed by atoms with van der Waals surface area (Å²) in [6.45, 7) is 4.20. The highest BCUT2D eigenvalue weighted by Gasteiger charge is 2.17. The Bertz CT molecular complexity index is 918. The van der Waals surface area contributed by atoms with E-state index >= 15 is 0 Å². The molecule has 0 bridgehead atoms. The number of fused-ring (bicyclic) bond motifs is 1. The molecule has 1 nitrogen and oxygen atoms in total. The van der Waals surface area contributed by atoms with Crippen molar-refractivity contribution >= 4 is 21.4 Å². The molecule has 0 unspecified atom stereocenters. The molecule has 0 radical (unpaired) electrons. The minimum atomic E-state index is 0.347. The van der Waals surface area contributed by atoms with Crippen LogP contribution in [0, 0.1) is 0 Å². The minimum absolute atomic E-state index is 0.347. The van der Waals surface area contributed by atoms with Crippen molar-refractivity contribution in [2.45, 2.75) is 26.1 Å².